The maximum atomic E-state index is 13.8. The van der Waals surface area contributed by atoms with Crippen molar-refractivity contribution in [3.05, 3.63) is 70.3 Å². The zero-order valence-electron chi connectivity index (χ0n) is 11.7. The van der Waals surface area contributed by atoms with Gasteiger partial charge in [0, 0.05) is 19.0 Å². The Morgan fingerprint density at radius 2 is 1.90 bits per heavy atom. The van der Waals surface area contributed by atoms with Crippen molar-refractivity contribution in [2.75, 3.05) is 13.6 Å². The van der Waals surface area contributed by atoms with Crippen LogP contribution in [0.4, 0.5) is 8.78 Å². The van der Waals surface area contributed by atoms with Crippen LogP contribution in [0.3, 0.4) is 0 Å². The number of likely N-dealkylation sites (N-methyl/N-ethyl adjacent to an activating group) is 1. The molecule has 0 saturated heterocycles. The van der Waals surface area contributed by atoms with Crippen LogP contribution in [-0.4, -0.2) is 18.5 Å². The Morgan fingerprint density at radius 1 is 1.10 bits per heavy atom. The van der Waals surface area contributed by atoms with Crippen molar-refractivity contribution in [2.24, 2.45) is 0 Å². The lowest BCUT2D eigenvalue weighted by Crippen LogP contribution is -2.31. The van der Waals surface area contributed by atoms with E-state index in [0.717, 1.165) is 29.8 Å². The third-order valence-corrected chi connectivity index (χ3v) is 4.01. The molecule has 0 amide bonds. The van der Waals surface area contributed by atoms with E-state index in [-0.39, 0.29) is 17.6 Å². The molecular weight excluding hydrogens is 256 g/mol. The number of hydrogen-bond donors (Lipinski definition) is 0. The van der Waals surface area contributed by atoms with Crippen LogP contribution in [0.25, 0.3) is 0 Å². The fourth-order valence-electron chi connectivity index (χ4n) is 2.93. The number of rotatable bonds is 1. The van der Waals surface area contributed by atoms with Gasteiger partial charge in [-0.05, 0) is 54.4 Å². The number of halogens is 2. The number of nitrogens with zero attached hydrogens (tertiary/aromatic N) is 1. The summed E-state index contributed by atoms with van der Waals surface area (Å²) < 4.78 is 27.2. The lowest BCUT2D eigenvalue weighted by atomic mass is 9.84. The molecule has 1 aliphatic rings. The van der Waals surface area contributed by atoms with Gasteiger partial charge >= 0.3 is 0 Å². The molecule has 0 spiro atoms. The molecule has 0 radical (unpaired) electrons. The second-order valence-electron chi connectivity index (χ2n) is 5.60. The molecule has 3 rings (SSSR count). The lowest BCUT2D eigenvalue weighted by Gasteiger charge is -2.32. The lowest BCUT2D eigenvalue weighted by molar-refractivity contribution is 0.294. The summed E-state index contributed by atoms with van der Waals surface area (Å²) in [5.74, 6) is -0.299. The molecule has 0 aliphatic carbocycles. The Morgan fingerprint density at radius 3 is 2.65 bits per heavy atom. The molecule has 0 saturated carbocycles. The second-order valence-corrected chi connectivity index (χ2v) is 5.60. The number of benzene rings is 2. The van der Waals surface area contributed by atoms with E-state index in [2.05, 4.69) is 4.90 Å². The first-order valence-corrected chi connectivity index (χ1v) is 6.77. The number of hydrogen-bond acceptors (Lipinski definition) is 1. The van der Waals surface area contributed by atoms with Gasteiger partial charge in [-0.3, -0.25) is 0 Å². The zero-order valence-corrected chi connectivity index (χ0v) is 11.7. The first-order chi connectivity index (χ1) is 9.54. The zero-order chi connectivity index (χ0) is 14.3. The summed E-state index contributed by atoms with van der Waals surface area (Å²) in [5, 5.41) is 0. The molecule has 1 nitrogen and oxygen atoms in total. The number of aryl methyl sites for hydroxylation is 1. The topological polar surface area (TPSA) is 3.24 Å². The monoisotopic (exact) mass is 273 g/mol. The minimum absolute atomic E-state index is 0.0967. The van der Waals surface area contributed by atoms with E-state index < -0.39 is 0 Å². The van der Waals surface area contributed by atoms with Gasteiger partial charge in [0.25, 0.3) is 0 Å². The highest BCUT2D eigenvalue weighted by atomic mass is 19.1. The van der Waals surface area contributed by atoms with Gasteiger partial charge in [0.2, 0.25) is 0 Å². The molecule has 2 aromatic rings. The van der Waals surface area contributed by atoms with Gasteiger partial charge in [-0.2, -0.15) is 0 Å². The van der Waals surface area contributed by atoms with Crippen molar-refractivity contribution in [2.45, 2.75) is 19.4 Å². The van der Waals surface area contributed by atoms with Gasteiger partial charge in [0.15, 0.2) is 0 Å². The molecule has 0 N–H and O–H groups in total. The van der Waals surface area contributed by atoms with Crippen LogP contribution >= 0.6 is 0 Å². The Labute approximate surface area is 117 Å². The van der Waals surface area contributed by atoms with Crippen LogP contribution in [0.5, 0.6) is 0 Å². The van der Waals surface area contributed by atoms with Crippen molar-refractivity contribution in [1.29, 1.82) is 0 Å². The highest BCUT2D eigenvalue weighted by Gasteiger charge is 2.25. The van der Waals surface area contributed by atoms with E-state index in [4.69, 9.17) is 0 Å². The summed E-state index contributed by atoms with van der Waals surface area (Å²) in [5.41, 5.74) is 3.70. The number of fused-ring (bicyclic) bond motifs is 1. The quantitative estimate of drug-likeness (QED) is 0.763. The molecule has 0 aromatic heterocycles. The third kappa shape index (κ3) is 2.34. The Bertz CT molecular complexity index is 651. The highest BCUT2D eigenvalue weighted by molar-refractivity contribution is 5.41. The Balaban J connectivity index is 2.08. The highest BCUT2D eigenvalue weighted by Crippen LogP contribution is 2.33. The van der Waals surface area contributed by atoms with E-state index in [1.54, 1.807) is 19.1 Å². The fraction of sp³-hybridized carbons (Fsp3) is 0.294. The van der Waals surface area contributed by atoms with Crippen molar-refractivity contribution >= 4 is 0 Å². The summed E-state index contributed by atoms with van der Waals surface area (Å²) in [4.78, 5) is 2.14. The minimum atomic E-state index is -0.215. The summed E-state index contributed by atoms with van der Waals surface area (Å²) in [7, 11) is 2.01. The van der Waals surface area contributed by atoms with Crippen LogP contribution in [0.15, 0.2) is 36.4 Å². The van der Waals surface area contributed by atoms with Gasteiger partial charge < -0.3 is 4.90 Å². The molecule has 104 valence electrons. The van der Waals surface area contributed by atoms with E-state index in [0.29, 0.717) is 5.56 Å². The van der Waals surface area contributed by atoms with Crippen molar-refractivity contribution in [3.8, 4) is 0 Å². The Kier molecular flexibility index (Phi) is 3.30. The van der Waals surface area contributed by atoms with Crippen LogP contribution in [0.2, 0.25) is 0 Å². The summed E-state index contributed by atoms with van der Waals surface area (Å²) in [6.45, 7) is 3.31. The molecule has 0 fully saturated rings. The minimum Gasteiger partial charge on any atom is -0.301 e. The van der Waals surface area contributed by atoms with Crippen LogP contribution in [0, 0.1) is 18.6 Å². The third-order valence-electron chi connectivity index (χ3n) is 4.01. The van der Waals surface area contributed by atoms with E-state index in [1.807, 2.05) is 25.2 Å². The van der Waals surface area contributed by atoms with E-state index in [9.17, 15) is 8.78 Å². The van der Waals surface area contributed by atoms with Gasteiger partial charge in [-0.15, -0.1) is 0 Å². The summed E-state index contributed by atoms with van der Waals surface area (Å²) in [6.07, 6.45) is 0. The largest absolute Gasteiger partial charge is 0.301 e. The predicted octanol–water partition coefficient (Wildman–Crippen LogP) is 3.85. The molecule has 1 aliphatic heterocycles. The Hall–Kier alpha value is -1.74. The van der Waals surface area contributed by atoms with Crippen molar-refractivity contribution in [1.82, 2.24) is 4.90 Å². The van der Waals surface area contributed by atoms with Crippen LogP contribution in [0.1, 0.15) is 28.2 Å². The van der Waals surface area contributed by atoms with Gasteiger partial charge in [-0.25, -0.2) is 8.78 Å². The SMILES string of the molecule is Cc1ccc(C2CN(C)Cc3cc(F)ccc32)cc1F. The van der Waals surface area contributed by atoms with Gasteiger partial charge in [-0.1, -0.05) is 18.2 Å². The average molecular weight is 273 g/mol. The first-order valence-electron chi connectivity index (χ1n) is 6.77. The molecule has 0 bridgehead atoms. The fourth-order valence-corrected chi connectivity index (χ4v) is 2.93. The maximum absolute atomic E-state index is 13.8. The van der Waals surface area contributed by atoms with Gasteiger partial charge in [0.1, 0.15) is 11.6 Å². The van der Waals surface area contributed by atoms with Gasteiger partial charge in [0.05, 0.1) is 0 Å². The average Bonchev–Trinajstić information content (AvgIpc) is 2.40. The maximum Gasteiger partial charge on any atom is 0.126 e. The summed E-state index contributed by atoms with van der Waals surface area (Å²) in [6, 6.07) is 10.3. The summed E-state index contributed by atoms with van der Waals surface area (Å²) >= 11 is 0. The molecule has 1 heterocycles. The molecule has 3 heteroatoms. The van der Waals surface area contributed by atoms with E-state index >= 15 is 0 Å². The molecule has 20 heavy (non-hydrogen) atoms. The van der Waals surface area contributed by atoms with Crippen LogP contribution < -0.4 is 0 Å². The van der Waals surface area contributed by atoms with Crippen molar-refractivity contribution in [3.63, 3.8) is 0 Å². The van der Waals surface area contributed by atoms with Crippen molar-refractivity contribution < 1.29 is 8.78 Å². The molecular formula is C17H17F2N. The molecule has 1 unspecified atom stereocenters. The smallest absolute Gasteiger partial charge is 0.126 e. The van der Waals surface area contributed by atoms with E-state index in [1.165, 1.54) is 6.07 Å². The first kappa shape index (κ1) is 13.3. The standard InChI is InChI=1S/C17H17F2N/c1-11-3-4-12(8-17(11)19)16-10-20(2)9-13-7-14(18)5-6-15(13)16/h3-8,16H,9-10H2,1-2H3. The predicted molar refractivity (Wildman–Crippen MR) is 75.7 cm³/mol. The second kappa shape index (κ2) is 4.98. The normalized spacial score (nSPS) is 18.9. The molecule has 1 atom stereocenters. The molecule has 2 aromatic carbocycles. The van der Waals surface area contributed by atoms with Crippen LogP contribution in [-0.2, 0) is 6.54 Å².